The number of rotatable bonds is 4. The molecule has 0 unspecified atom stereocenters. The first-order chi connectivity index (χ1) is 8.56. The van der Waals surface area contributed by atoms with Crippen molar-refractivity contribution in [3.63, 3.8) is 0 Å². The van der Waals surface area contributed by atoms with E-state index in [2.05, 4.69) is 10.4 Å². The van der Waals surface area contributed by atoms with Crippen molar-refractivity contribution >= 4 is 11.5 Å². The minimum atomic E-state index is -0.500. The van der Waals surface area contributed by atoms with Crippen LogP contribution in [0.3, 0.4) is 0 Å². The molecule has 1 heterocycles. The lowest BCUT2D eigenvalue weighted by molar-refractivity contribution is -0.384. The highest BCUT2D eigenvalue weighted by Crippen LogP contribution is 2.21. The molecular formula is C11H11FN4O2. The van der Waals surface area contributed by atoms with E-state index >= 15 is 0 Å². The Morgan fingerprint density at radius 2 is 2.11 bits per heavy atom. The standard InChI is InChI=1S/C11H11FN4O2/c1-15-7-10(16(17)18)11(14-15)13-6-8-2-4-9(12)5-3-8/h2-5,7H,6H2,1H3,(H,13,14). The average molecular weight is 250 g/mol. The number of nitrogens with one attached hydrogen (secondary N) is 1. The highest BCUT2D eigenvalue weighted by molar-refractivity contribution is 5.54. The summed E-state index contributed by atoms with van der Waals surface area (Å²) in [7, 11) is 1.61. The van der Waals surface area contributed by atoms with Gasteiger partial charge in [-0.15, -0.1) is 5.10 Å². The summed E-state index contributed by atoms with van der Waals surface area (Å²) in [5.41, 5.74) is 0.732. The molecule has 0 spiro atoms. The highest BCUT2D eigenvalue weighted by atomic mass is 19.1. The van der Waals surface area contributed by atoms with Crippen molar-refractivity contribution in [2.45, 2.75) is 6.54 Å². The zero-order chi connectivity index (χ0) is 13.1. The van der Waals surface area contributed by atoms with Crippen LogP contribution in [0.25, 0.3) is 0 Å². The molecule has 7 heteroatoms. The summed E-state index contributed by atoms with van der Waals surface area (Å²) >= 11 is 0. The lowest BCUT2D eigenvalue weighted by Gasteiger charge is -2.02. The third kappa shape index (κ3) is 2.62. The first-order valence-corrected chi connectivity index (χ1v) is 5.22. The smallest absolute Gasteiger partial charge is 0.330 e. The van der Waals surface area contributed by atoms with E-state index in [9.17, 15) is 14.5 Å². The molecule has 0 saturated heterocycles. The normalized spacial score (nSPS) is 10.3. The zero-order valence-electron chi connectivity index (χ0n) is 9.63. The molecule has 2 aromatic rings. The first-order valence-electron chi connectivity index (χ1n) is 5.22. The van der Waals surface area contributed by atoms with Crippen molar-refractivity contribution in [2.75, 3.05) is 5.32 Å². The second-order valence-corrected chi connectivity index (χ2v) is 3.77. The molecule has 0 bridgehead atoms. The molecule has 0 aliphatic heterocycles. The van der Waals surface area contributed by atoms with Gasteiger partial charge in [0.25, 0.3) is 0 Å². The van der Waals surface area contributed by atoms with E-state index in [1.54, 1.807) is 19.2 Å². The van der Waals surface area contributed by atoms with Crippen LogP contribution in [0, 0.1) is 15.9 Å². The Kier molecular flexibility index (Phi) is 3.22. The van der Waals surface area contributed by atoms with Gasteiger partial charge in [-0.25, -0.2) is 4.39 Å². The van der Waals surface area contributed by atoms with Gasteiger partial charge in [-0.05, 0) is 17.7 Å². The van der Waals surface area contributed by atoms with Gasteiger partial charge in [-0.1, -0.05) is 12.1 Å². The fourth-order valence-corrected chi connectivity index (χ4v) is 1.52. The van der Waals surface area contributed by atoms with Gasteiger partial charge in [0.15, 0.2) is 0 Å². The molecule has 18 heavy (non-hydrogen) atoms. The Bertz CT molecular complexity index is 565. The van der Waals surface area contributed by atoms with Crippen LogP contribution in [0.15, 0.2) is 30.5 Å². The van der Waals surface area contributed by atoms with E-state index < -0.39 is 4.92 Å². The summed E-state index contributed by atoms with van der Waals surface area (Å²) in [6, 6.07) is 5.89. The minimum Gasteiger partial charge on any atom is -0.359 e. The number of benzene rings is 1. The van der Waals surface area contributed by atoms with Gasteiger partial charge in [0.05, 0.1) is 4.92 Å². The van der Waals surface area contributed by atoms with Gasteiger partial charge < -0.3 is 5.32 Å². The second-order valence-electron chi connectivity index (χ2n) is 3.77. The van der Waals surface area contributed by atoms with Crippen LogP contribution in [0.4, 0.5) is 15.9 Å². The maximum atomic E-state index is 12.7. The van der Waals surface area contributed by atoms with Gasteiger partial charge in [-0.2, -0.15) is 0 Å². The van der Waals surface area contributed by atoms with Crippen LogP contribution in [-0.4, -0.2) is 14.7 Å². The SMILES string of the molecule is Cn1cc([N+](=O)[O-])c(NCc2ccc(F)cc2)n1. The number of hydrogen-bond donors (Lipinski definition) is 1. The molecule has 0 atom stereocenters. The van der Waals surface area contributed by atoms with E-state index in [0.29, 0.717) is 6.54 Å². The van der Waals surface area contributed by atoms with Crippen molar-refractivity contribution in [1.82, 2.24) is 9.78 Å². The van der Waals surface area contributed by atoms with Crippen molar-refractivity contribution in [1.29, 1.82) is 0 Å². The summed E-state index contributed by atoms with van der Waals surface area (Å²) < 4.78 is 14.1. The van der Waals surface area contributed by atoms with Crippen LogP contribution >= 0.6 is 0 Å². The van der Waals surface area contributed by atoms with Gasteiger partial charge in [0.2, 0.25) is 5.82 Å². The monoisotopic (exact) mass is 250 g/mol. The Hall–Kier alpha value is -2.44. The van der Waals surface area contributed by atoms with Gasteiger partial charge in [0.1, 0.15) is 12.0 Å². The van der Waals surface area contributed by atoms with Crippen LogP contribution in [0.2, 0.25) is 0 Å². The maximum absolute atomic E-state index is 12.7. The number of nitrogens with zero attached hydrogens (tertiary/aromatic N) is 3. The molecule has 0 fully saturated rings. The quantitative estimate of drug-likeness (QED) is 0.666. The van der Waals surface area contributed by atoms with Crippen molar-refractivity contribution < 1.29 is 9.31 Å². The number of nitro groups is 1. The summed E-state index contributed by atoms with van der Waals surface area (Å²) in [6.07, 6.45) is 1.33. The molecule has 94 valence electrons. The highest BCUT2D eigenvalue weighted by Gasteiger charge is 2.17. The van der Waals surface area contributed by atoms with E-state index in [4.69, 9.17) is 0 Å². The maximum Gasteiger partial charge on any atom is 0.330 e. The third-order valence-corrected chi connectivity index (χ3v) is 2.38. The lowest BCUT2D eigenvalue weighted by atomic mass is 10.2. The van der Waals surface area contributed by atoms with Crippen molar-refractivity contribution in [3.05, 3.63) is 52.0 Å². The third-order valence-electron chi connectivity index (χ3n) is 2.38. The molecular weight excluding hydrogens is 239 g/mol. The molecule has 0 aliphatic rings. The van der Waals surface area contributed by atoms with Gasteiger partial charge in [-0.3, -0.25) is 14.8 Å². The number of hydrogen-bond acceptors (Lipinski definition) is 4. The zero-order valence-corrected chi connectivity index (χ0v) is 9.63. The van der Waals surface area contributed by atoms with E-state index in [1.807, 2.05) is 0 Å². The number of halogens is 1. The average Bonchev–Trinajstić information content (AvgIpc) is 2.70. The Balaban J connectivity index is 2.10. The summed E-state index contributed by atoms with van der Waals surface area (Å²) in [4.78, 5) is 10.3. The van der Waals surface area contributed by atoms with Crippen molar-refractivity contribution in [3.8, 4) is 0 Å². The summed E-state index contributed by atoms with van der Waals surface area (Å²) in [5.74, 6) is -0.116. The molecule has 0 saturated carbocycles. The van der Waals surface area contributed by atoms with Crippen LogP contribution < -0.4 is 5.32 Å². The van der Waals surface area contributed by atoms with Crippen LogP contribution in [0.5, 0.6) is 0 Å². The fourth-order valence-electron chi connectivity index (χ4n) is 1.52. The molecule has 0 amide bonds. The number of aryl methyl sites for hydroxylation is 1. The van der Waals surface area contributed by atoms with Gasteiger partial charge >= 0.3 is 5.69 Å². The largest absolute Gasteiger partial charge is 0.359 e. The molecule has 0 aliphatic carbocycles. The van der Waals surface area contributed by atoms with E-state index in [1.165, 1.54) is 23.0 Å². The predicted octanol–water partition coefficient (Wildman–Crippen LogP) is 2.08. The molecule has 1 aromatic carbocycles. The lowest BCUT2D eigenvalue weighted by Crippen LogP contribution is -2.02. The molecule has 2 rings (SSSR count). The van der Waals surface area contributed by atoms with Crippen LogP contribution in [-0.2, 0) is 13.6 Å². The number of anilines is 1. The first kappa shape index (κ1) is 12.0. The summed E-state index contributed by atoms with van der Waals surface area (Å²) in [6.45, 7) is 0.345. The molecule has 0 radical (unpaired) electrons. The molecule has 6 nitrogen and oxygen atoms in total. The van der Waals surface area contributed by atoms with E-state index in [0.717, 1.165) is 5.56 Å². The minimum absolute atomic E-state index is 0.0837. The van der Waals surface area contributed by atoms with Gasteiger partial charge in [0, 0.05) is 13.6 Å². The topological polar surface area (TPSA) is 73.0 Å². The Labute approximate surface area is 102 Å². The Morgan fingerprint density at radius 3 is 2.72 bits per heavy atom. The predicted molar refractivity (Wildman–Crippen MR) is 63.6 cm³/mol. The van der Waals surface area contributed by atoms with Crippen molar-refractivity contribution in [2.24, 2.45) is 7.05 Å². The van der Waals surface area contributed by atoms with E-state index in [-0.39, 0.29) is 17.3 Å². The second kappa shape index (κ2) is 4.82. The Morgan fingerprint density at radius 1 is 1.44 bits per heavy atom. The molecule has 1 N–H and O–H groups in total. The van der Waals surface area contributed by atoms with Crippen LogP contribution in [0.1, 0.15) is 5.56 Å². The number of aromatic nitrogens is 2. The summed E-state index contributed by atoms with van der Waals surface area (Å²) in [5, 5.41) is 17.6. The fraction of sp³-hybridized carbons (Fsp3) is 0.182. The molecule has 1 aromatic heterocycles.